The fraction of sp³-hybridized carbons (Fsp3) is 0.423. The first-order valence-electron chi connectivity index (χ1n) is 11.6. The van der Waals surface area contributed by atoms with Crippen molar-refractivity contribution < 1.29 is 14.4 Å². The molecule has 5 rings (SSSR count). The van der Waals surface area contributed by atoms with Crippen LogP contribution in [-0.4, -0.2) is 53.2 Å². The number of nitrogens with one attached hydrogen (secondary N) is 1. The third-order valence-electron chi connectivity index (χ3n) is 7.17. The number of piperidine rings is 2. The van der Waals surface area contributed by atoms with Crippen molar-refractivity contribution in [3.63, 3.8) is 0 Å². The molecule has 3 amide bonds. The minimum atomic E-state index is -0.552. The minimum absolute atomic E-state index is 0.100. The first-order valence-corrected chi connectivity index (χ1v) is 11.6. The van der Waals surface area contributed by atoms with Crippen LogP contribution in [0.3, 0.4) is 0 Å². The maximum atomic E-state index is 12.9. The summed E-state index contributed by atoms with van der Waals surface area (Å²) in [6.07, 6.45) is 4.02. The van der Waals surface area contributed by atoms with Crippen LogP contribution in [0, 0.1) is 0 Å². The monoisotopic (exact) mass is 431 g/mol. The van der Waals surface area contributed by atoms with E-state index in [9.17, 15) is 14.4 Å². The Bertz CT molecular complexity index is 1030. The predicted molar refractivity (Wildman–Crippen MR) is 121 cm³/mol. The molecule has 0 unspecified atom stereocenters. The molecule has 0 bridgehead atoms. The Hall–Kier alpha value is -2.99. The van der Waals surface area contributed by atoms with Gasteiger partial charge in [-0.2, -0.15) is 0 Å². The molecule has 3 aliphatic heterocycles. The molecule has 2 saturated heterocycles. The molecule has 0 aliphatic carbocycles. The minimum Gasteiger partial charge on any atom is -0.322 e. The Labute approximate surface area is 188 Å². The van der Waals surface area contributed by atoms with Crippen LogP contribution >= 0.6 is 0 Å². The zero-order valence-electron chi connectivity index (χ0n) is 18.3. The number of hydrogen-bond acceptors (Lipinski definition) is 4. The predicted octanol–water partition coefficient (Wildman–Crippen LogP) is 2.87. The molecule has 6 nitrogen and oxygen atoms in total. The summed E-state index contributed by atoms with van der Waals surface area (Å²) >= 11 is 0. The van der Waals surface area contributed by atoms with Crippen molar-refractivity contribution >= 4 is 17.7 Å². The molecule has 2 aromatic rings. The van der Waals surface area contributed by atoms with Gasteiger partial charge in [0.15, 0.2) is 0 Å². The third kappa shape index (κ3) is 4.19. The van der Waals surface area contributed by atoms with Crippen LogP contribution in [0.2, 0.25) is 0 Å². The molecule has 2 fully saturated rings. The van der Waals surface area contributed by atoms with Gasteiger partial charge in [-0.05, 0) is 67.4 Å². The standard InChI is InChI=1S/C26H29N3O3/c30-24-9-8-23(25(31)27-24)29-17-21-16-20(6-7-22(21)26(29)32)19-11-14-28(15-12-19)13-10-18-4-2-1-3-5-18/h1-7,16,19,23H,8-15,17H2,(H,27,30,31)/t23-/m0/s1. The maximum absolute atomic E-state index is 12.9. The largest absolute Gasteiger partial charge is 0.322 e. The Morgan fingerprint density at radius 1 is 0.938 bits per heavy atom. The maximum Gasteiger partial charge on any atom is 0.255 e. The first-order chi connectivity index (χ1) is 15.6. The van der Waals surface area contributed by atoms with Gasteiger partial charge in [-0.25, -0.2) is 0 Å². The van der Waals surface area contributed by atoms with E-state index in [1.54, 1.807) is 4.90 Å². The molecule has 0 saturated carbocycles. The van der Waals surface area contributed by atoms with E-state index in [1.807, 2.05) is 6.07 Å². The summed E-state index contributed by atoms with van der Waals surface area (Å²) in [7, 11) is 0. The van der Waals surface area contributed by atoms with Crippen molar-refractivity contribution in [2.24, 2.45) is 0 Å². The fourth-order valence-electron chi connectivity index (χ4n) is 5.27. The normalized spacial score (nSPS) is 22.2. The molecule has 2 aromatic carbocycles. The lowest BCUT2D eigenvalue weighted by Gasteiger charge is -2.32. The number of carbonyl (C=O) groups is 3. The van der Waals surface area contributed by atoms with Crippen LogP contribution in [0.1, 0.15) is 58.6 Å². The summed E-state index contributed by atoms with van der Waals surface area (Å²) in [4.78, 5) is 40.8. The molecule has 32 heavy (non-hydrogen) atoms. The van der Waals surface area contributed by atoms with Gasteiger partial charge in [0.05, 0.1) is 0 Å². The molecule has 166 valence electrons. The highest BCUT2D eigenvalue weighted by molar-refractivity contribution is 6.05. The zero-order valence-corrected chi connectivity index (χ0v) is 18.3. The number of nitrogens with zero attached hydrogens (tertiary/aromatic N) is 2. The van der Waals surface area contributed by atoms with E-state index < -0.39 is 6.04 Å². The average Bonchev–Trinajstić information content (AvgIpc) is 3.14. The number of likely N-dealkylation sites (tertiary alicyclic amines) is 1. The van der Waals surface area contributed by atoms with Crippen LogP contribution in [0.25, 0.3) is 0 Å². The van der Waals surface area contributed by atoms with Crippen LogP contribution in [0.15, 0.2) is 48.5 Å². The van der Waals surface area contributed by atoms with Gasteiger partial charge in [-0.15, -0.1) is 0 Å². The summed E-state index contributed by atoms with van der Waals surface area (Å²) in [5.41, 5.74) is 4.38. The second kappa shape index (κ2) is 8.87. The lowest BCUT2D eigenvalue weighted by Crippen LogP contribution is -2.52. The smallest absolute Gasteiger partial charge is 0.255 e. The van der Waals surface area contributed by atoms with E-state index in [0.717, 1.165) is 44.5 Å². The molecule has 3 aliphatic rings. The number of carbonyl (C=O) groups excluding carboxylic acids is 3. The molecule has 3 heterocycles. The number of imide groups is 1. The molecule has 0 aromatic heterocycles. The summed E-state index contributed by atoms with van der Waals surface area (Å²) in [6, 6.07) is 16.3. The second-order valence-electron chi connectivity index (χ2n) is 9.17. The number of fused-ring (bicyclic) bond motifs is 1. The van der Waals surface area contributed by atoms with E-state index in [2.05, 4.69) is 52.7 Å². The molecule has 6 heteroatoms. The Kier molecular flexibility index (Phi) is 5.79. The van der Waals surface area contributed by atoms with Crippen LogP contribution < -0.4 is 5.32 Å². The van der Waals surface area contributed by atoms with Crippen LogP contribution in [-0.2, 0) is 22.6 Å². The number of benzene rings is 2. The van der Waals surface area contributed by atoms with Gasteiger partial charge in [0, 0.05) is 25.1 Å². The molecule has 1 atom stereocenters. The van der Waals surface area contributed by atoms with Gasteiger partial charge < -0.3 is 9.80 Å². The van der Waals surface area contributed by atoms with E-state index in [1.165, 1.54) is 11.1 Å². The van der Waals surface area contributed by atoms with E-state index >= 15 is 0 Å². The van der Waals surface area contributed by atoms with Crippen molar-refractivity contribution in [3.05, 3.63) is 70.8 Å². The van der Waals surface area contributed by atoms with Crippen molar-refractivity contribution in [1.82, 2.24) is 15.1 Å². The van der Waals surface area contributed by atoms with Crippen molar-refractivity contribution in [2.75, 3.05) is 19.6 Å². The lowest BCUT2D eigenvalue weighted by atomic mass is 9.88. The SMILES string of the molecule is O=C1CC[C@H](N2Cc3cc(C4CCN(CCc5ccccc5)CC4)ccc3C2=O)C(=O)N1. The third-order valence-corrected chi connectivity index (χ3v) is 7.17. The number of hydrogen-bond donors (Lipinski definition) is 1. The highest BCUT2D eigenvalue weighted by atomic mass is 16.2. The summed E-state index contributed by atoms with van der Waals surface area (Å²) < 4.78 is 0. The van der Waals surface area contributed by atoms with Gasteiger partial charge in [0.2, 0.25) is 11.8 Å². The van der Waals surface area contributed by atoms with E-state index in [-0.39, 0.29) is 24.1 Å². The van der Waals surface area contributed by atoms with Gasteiger partial charge in [0.25, 0.3) is 5.91 Å². The highest BCUT2D eigenvalue weighted by Crippen LogP contribution is 2.33. The number of amides is 3. The van der Waals surface area contributed by atoms with E-state index in [0.29, 0.717) is 24.4 Å². The Morgan fingerprint density at radius 3 is 2.47 bits per heavy atom. The van der Waals surface area contributed by atoms with Gasteiger partial charge in [-0.3, -0.25) is 19.7 Å². The summed E-state index contributed by atoms with van der Waals surface area (Å²) in [5, 5.41) is 2.37. The topological polar surface area (TPSA) is 69.7 Å². The van der Waals surface area contributed by atoms with Crippen molar-refractivity contribution in [1.29, 1.82) is 0 Å². The van der Waals surface area contributed by atoms with Crippen molar-refractivity contribution in [2.45, 2.75) is 50.6 Å². The Morgan fingerprint density at radius 2 is 1.72 bits per heavy atom. The molecular formula is C26H29N3O3. The van der Waals surface area contributed by atoms with Crippen LogP contribution in [0.4, 0.5) is 0 Å². The highest BCUT2D eigenvalue weighted by Gasteiger charge is 2.39. The fourth-order valence-corrected chi connectivity index (χ4v) is 5.27. The number of rotatable bonds is 5. The average molecular weight is 432 g/mol. The quantitative estimate of drug-likeness (QED) is 0.739. The molecule has 1 N–H and O–H groups in total. The molecule has 0 spiro atoms. The van der Waals surface area contributed by atoms with Crippen LogP contribution in [0.5, 0.6) is 0 Å². The van der Waals surface area contributed by atoms with E-state index in [4.69, 9.17) is 0 Å². The van der Waals surface area contributed by atoms with Crippen molar-refractivity contribution in [3.8, 4) is 0 Å². The summed E-state index contributed by atoms with van der Waals surface area (Å²) in [5.74, 6) is -0.205. The lowest BCUT2D eigenvalue weighted by molar-refractivity contribution is -0.136. The molecule has 0 radical (unpaired) electrons. The van der Waals surface area contributed by atoms with Gasteiger partial charge in [-0.1, -0.05) is 42.5 Å². The second-order valence-corrected chi connectivity index (χ2v) is 9.17. The summed E-state index contributed by atoms with van der Waals surface area (Å²) in [6.45, 7) is 3.73. The van der Waals surface area contributed by atoms with Gasteiger partial charge in [0.1, 0.15) is 6.04 Å². The Balaban J connectivity index is 1.19. The first kappa shape index (κ1) is 20.9. The molecular weight excluding hydrogens is 402 g/mol. The van der Waals surface area contributed by atoms with Gasteiger partial charge >= 0.3 is 0 Å². The zero-order chi connectivity index (χ0) is 22.1.